The summed E-state index contributed by atoms with van der Waals surface area (Å²) in [6.07, 6.45) is 5.37. The van der Waals surface area contributed by atoms with Gasteiger partial charge in [-0.3, -0.25) is 10.1 Å². The van der Waals surface area contributed by atoms with Crippen LogP contribution in [0.15, 0.2) is 42.5 Å². The summed E-state index contributed by atoms with van der Waals surface area (Å²) in [4.78, 5) is 10.9. The number of rotatable bonds is 3. The smallest absolute Gasteiger partial charge is 0.288 e. The van der Waals surface area contributed by atoms with Crippen LogP contribution in [-0.4, -0.2) is 12.0 Å². The van der Waals surface area contributed by atoms with Gasteiger partial charge in [-0.1, -0.05) is 35.9 Å². The Hall–Kier alpha value is -2.53. The van der Waals surface area contributed by atoms with E-state index < -0.39 is 4.92 Å². The highest BCUT2D eigenvalue weighted by molar-refractivity contribution is 6.32. The molecule has 0 radical (unpaired) electrons. The molecule has 1 aliphatic heterocycles. The number of hydrogen-bond acceptors (Lipinski definition) is 4. The summed E-state index contributed by atoms with van der Waals surface area (Å²) >= 11 is 6.00. The standard InChI is InChI=1S/C20H19ClN2O3/c1-11-6-9-17(26-2)20-18(11)13-4-3-5-14(13)19(22-20)12-7-8-15(21)16(10-12)23(24)25/h3-4,6-10,13-14,19,22H,5H2,1-2H3/t13-,14+,19+/m0/s1. The number of nitro groups is 1. The van der Waals surface area contributed by atoms with Crippen molar-refractivity contribution in [2.45, 2.75) is 25.3 Å². The molecule has 5 nitrogen and oxygen atoms in total. The Morgan fingerprint density at radius 1 is 1.31 bits per heavy atom. The fraction of sp³-hybridized carbons (Fsp3) is 0.300. The van der Waals surface area contributed by atoms with Gasteiger partial charge in [-0.05, 0) is 48.1 Å². The molecule has 0 saturated heterocycles. The van der Waals surface area contributed by atoms with Gasteiger partial charge in [-0.25, -0.2) is 0 Å². The molecular weight excluding hydrogens is 352 g/mol. The van der Waals surface area contributed by atoms with Crippen LogP contribution < -0.4 is 10.1 Å². The molecule has 2 aliphatic rings. The first-order valence-electron chi connectivity index (χ1n) is 8.55. The van der Waals surface area contributed by atoms with Crippen LogP contribution in [0, 0.1) is 23.0 Å². The summed E-state index contributed by atoms with van der Waals surface area (Å²) in [6.45, 7) is 2.11. The minimum absolute atomic E-state index is 0.0471. The number of aryl methyl sites for hydroxylation is 1. The quantitative estimate of drug-likeness (QED) is 0.447. The summed E-state index contributed by atoms with van der Waals surface area (Å²) in [5.74, 6) is 1.35. The maximum absolute atomic E-state index is 11.3. The van der Waals surface area contributed by atoms with Crippen LogP contribution in [0.3, 0.4) is 0 Å². The van der Waals surface area contributed by atoms with E-state index >= 15 is 0 Å². The molecule has 3 atom stereocenters. The second-order valence-corrected chi connectivity index (χ2v) is 7.22. The van der Waals surface area contributed by atoms with Gasteiger partial charge in [0, 0.05) is 12.0 Å². The van der Waals surface area contributed by atoms with E-state index in [0.717, 1.165) is 23.4 Å². The summed E-state index contributed by atoms with van der Waals surface area (Å²) in [6, 6.07) is 9.06. The Morgan fingerprint density at radius 2 is 2.12 bits per heavy atom. The number of nitrogens with zero attached hydrogens (tertiary/aromatic N) is 1. The topological polar surface area (TPSA) is 64.4 Å². The van der Waals surface area contributed by atoms with E-state index in [1.807, 2.05) is 12.1 Å². The highest BCUT2D eigenvalue weighted by atomic mass is 35.5. The molecule has 0 amide bonds. The van der Waals surface area contributed by atoms with Crippen molar-refractivity contribution in [2.24, 2.45) is 5.92 Å². The second kappa shape index (κ2) is 6.32. The monoisotopic (exact) mass is 370 g/mol. The minimum Gasteiger partial charge on any atom is -0.495 e. The van der Waals surface area contributed by atoms with Crippen LogP contribution in [-0.2, 0) is 0 Å². The van der Waals surface area contributed by atoms with Gasteiger partial charge in [0.1, 0.15) is 10.8 Å². The maximum Gasteiger partial charge on any atom is 0.288 e. The summed E-state index contributed by atoms with van der Waals surface area (Å²) in [5, 5.41) is 15.1. The minimum atomic E-state index is -0.433. The molecule has 2 aromatic carbocycles. The highest BCUT2D eigenvalue weighted by Gasteiger charge is 2.40. The van der Waals surface area contributed by atoms with Gasteiger partial charge in [0.25, 0.3) is 5.69 Å². The van der Waals surface area contributed by atoms with Crippen molar-refractivity contribution < 1.29 is 9.66 Å². The van der Waals surface area contributed by atoms with Gasteiger partial charge in [0.2, 0.25) is 0 Å². The van der Waals surface area contributed by atoms with Crippen molar-refractivity contribution in [1.29, 1.82) is 0 Å². The predicted octanol–water partition coefficient (Wildman–Crippen LogP) is 5.39. The van der Waals surface area contributed by atoms with Crippen LogP contribution in [0.2, 0.25) is 5.02 Å². The average molecular weight is 371 g/mol. The van der Waals surface area contributed by atoms with Crippen molar-refractivity contribution in [2.75, 3.05) is 12.4 Å². The third-order valence-electron chi connectivity index (χ3n) is 5.45. The molecule has 1 aliphatic carbocycles. The van der Waals surface area contributed by atoms with Gasteiger partial charge in [-0.2, -0.15) is 0 Å². The van der Waals surface area contributed by atoms with Crippen molar-refractivity contribution in [3.63, 3.8) is 0 Å². The molecule has 0 fully saturated rings. The zero-order chi connectivity index (χ0) is 18.4. The van der Waals surface area contributed by atoms with Crippen molar-refractivity contribution in [1.82, 2.24) is 0 Å². The second-order valence-electron chi connectivity index (χ2n) is 6.82. The van der Waals surface area contributed by atoms with Gasteiger partial charge in [0.15, 0.2) is 0 Å². The summed E-state index contributed by atoms with van der Waals surface area (Å²) in [5.41, 5.74) is 4.26. The van der Waals surface area contributed by atoms with Crippen molar-refractivity contribution >= 4 is 23.0 Å². The molecular formula is C20H19ClN2O3. The Labute approximate surface area is 156 Å². The molecule has 0 aromatic heterocycles. The number of ether oxygens (including phenoxy) is 1. The van der Waals surface area contributed by atoms with Crippen LogP contribution in [0.4, 0.5) is 11.4 Å². The number of nitrogens with one attached hydrogen (secondary N) is 1. The van der Waals surface area contributed by atoms with E-state index in [1.54, 1.807) is 19.2 Å². The Balaban J connectivity index is 1.84. The number of hydrogen-bond donors (Lipinski definition) is 1. The SMILES string of the molecule is COc1ccc(C)c2c1N[C@H](c1ccc(Cl)c([N+](=O)[O-])c1)[C@@H]1CC=C[C@H]21. The van der Waals surface area contributed by atoms with Gasteiger partial charge in [0.05, 0.1) is 23.8 Å². The number of nitro benzene ring substituents is 1. The molecule has 1 heterocycles. The molecule has 0 bridgehead atoms. The van der Waals surface area contributed by atoms with E-state index in [2.05, 4.69) is 30.5 Å². The van der Waals surface area contributed by atoms with Crippen LogP contribution in [0.5, 0.6) is 5.75 Å². The maximum atomic E-state index is 11.3. The fourth-order valence-corrected chi connectivity index (χ4v) is 4.42. The predicted molar refractivity (Wildman–Crippen MR) is 102 cm³/mol. The van der Waals surface area contributed by atoms with Crippen LogP contribution >= 0.6 is 11.6 Å². The van der Waals surface area contributed by atoms with Crippen molar-refractivity contribution in [3.8, 4) is 5.75 Å². The highest BCUT2D eigenvalue weighted by Crippen LogP contribution is 2.53. The Morgan fingerprint density at radius 3 is 2.85 bits per heavy atom. The summed E-state index contributed by atoms with van der Waals surface area (Å²) in [7, 11) is 1.66. The third kappa shape index (κ3) is 2.54. The van der Waals surface area contributed by atoms with E-state index in [4.69, 9.17) is 16.3 Å². The fourth-order valence-electron chi connectivity index (χ4n) is 4.23. The number of fused-ring (bicyclic) bond motifs is 3. The van der Waals surface area contributed by atoms with E-state index in [-0.39, 0.29) is 22.7 Å². The van der Waals surface area contributed by atoms with Crippen LogP contribution in [0.1, 0.15) is 35.1 Å². The lowest BCUT2D eigenvalue weighted by molar-refractivity contribution is -0.384. The van der Waals surface area contributed by atoms with E-state index in [0.29, 0.717) is 5.92 Å². The zero-order valence-corrected chi connectivity index (χ0v) is 15.3. The van der Waals surface area contributed by atoms with Gasteiger partial charge >= 0.3 is 0 Å². The molecule has 1 N–H and O–H groups in total. The largest absolute Gasteiger partial charge is 0.495 e. The Bertz CT molecular complexity index is 926. The first kappa shape index (κ1) is 16.9. The number of anilines is 1. The molecule has 26 heavy (non-hydrogen) atoms. The molecule has 0 spiro atoms. The Kier molecular flexibility index (Phi) is 4.11. The normalized spacial score (nSPS) is 23.1. The van der Waals surface area contributed by atoms with E-state index in [9.17, 15) is 10.1 Å². The van der Waals surface area contributed by atoms with E-state index in [1.165, 1.54) is 11.1 Å². The lowest BCUT2D eigenvalue weighted by Crippen LogP contribution is -2.30. The van der Waals surface area contributed by atoms with Crippen LogP contribution in [0.25, 0.3) is 0 Å². The number of benzene rings is 2. The first-order chi connectivity index (χ1) is 12.5. The first-order valence-corrected chi connectivity index (χ1v) is 8.93. The summed E-state index contributed by atoms with van der Waals surface area (Å²) < 4.78 is 5.57. The number of allylic oxidation sites excluding steroid dienone is 2. The van der Waals surface area contributed by atoms with Crippen molar-refractivity contribution in [3.05, 3.63) is 74.3 Å². The molecule has 0 unspecified atom stereocenters. The molecule has 6 heteroatoms. The lowest BCUT2D eigenvalue weighted by Gasteiger charge is -2.39. The van der Waals surface area contributed by atoms with Gasteiger partial charge in [-0.15, -0.1) is 0 Å². The molecule has 4 rings (SSSR count). The number of halogens is 1. The molecule has 134 valence electrons. The number of methoxy groups -OCH3 is 1. The average Bonchev–Trinajstić information content (AvgIpc) is 3.11. The molecule has 2 aromatic rings. The zero-order valence-electron chi connectivity index (χ0n) is 14.5. The molecule has 0 saturated carbocycles. The third-order valence-corrected chi connectivity index (χ3v) is 5.77. The lowest BCUT2D eigenvalue weighted by atomic mass is 9.75. The van der Waals surface area contributed by atoms with Gasteiger partial charge < -0.3 is 10.1 Å².